The molecular weight excluding hydrogens is 364 g/mol. The highest BCUT2D eigenvalue weighted by molar-refractivity contribution is 5.92. The van der Waals surface area contributed by atoms with Gasteiger partial charge in [0.25, 0.3) is 11.5 Å². The number of carbonyl (C=O) groups is 1. The van der Waals surface area contributed by atoms with Gasteiger partial charge in [0, 0.05) is 40.0 Å². The molecule has 0 unspecified atom stereocenters. The summed E-state index contributed by atoms with van der Waals surface area (Å²) in [7, 11) is 4.69. The molecule has 1 atom stereocenters. The molecule has 0 fully saturated rings. The maximum Gasteiger partial charge on any atom is 0.331 e. The van der Waals surface area contributed by atoms with Crippen molar-refractivity contribution in [3.05, 3.63) is 50.8 Å². The van der Waals surface area contributed by atoms with Gasteiger partial charge < -0.3 is 9.47 Å². The summed E-state index contributed by atoms with van der Waals surface area (Å²) in [6, 6.07) is 1.11. The molecule has 4 heterocycles. The van der Waals surface area contributed by atoms with E-state index in [0.29, 0.717) is 18.2 Å². The maximum absolute atomic E-state index is 13.0. The summed E-state index contributed by atoms with van der Waals surface area (Å²) in [4.78, 5) is 38.7. The van der Waals surface area contributed by atoms with Crippen LogP contribution >= 0.6 is 0 Å². The third-order valence-electron chi connectivity index (χ3n) is 5.02. The van der Waals surface area contributed by atoms with Crippen LogP contribution in [0.25, 0.3) is 11.4 Å². The molecule has 1 aliphatic rings. The Hall–Kier alpha value is -3.50. The molecule has 11 nitrogen and oxygen atoms in total. The fourth-order valence-corrected chi connectivity index (χ4v) is 3.52. The van der Waals surface area contributed by atoms with E-state index < -0.39 is 11.2 Å². The van der Waals surface area contributed by atoms with Gasteiger partial charge >= 0.3 is 5.69 Å². The Labute approximate surface area is 159 Å². The van der Waals surface area contributed by atoms with E-state index in [2.05, 4.69) is 15.3 Å². The minimum Gasteiger partial charge on any atom is -0.328 e. The Bertz CT molecular complexity index is 1200. The van der Waals surface area contributed by atoms with Crippen LogP contribution in [0.2, 0.25) is 0 Å². The lowest BCUT2D eigenvalue weighted by molar-refractivity contribution is 0.0670. The quantitative estimate of drug-likeness (QED) is 0.577. The summed E-state index contributed by atoms with van der Waals surface area (Å²) >= 11 is 0. The van der Waals surface area contributed by atoms with E-state index in [1.165, 1.54) is 24.7 Å². The highest BCUT2D eigenvalue weighted by Crippen LogP contribution is 2.27. The van der Waals surface area contributed by atoms with Crippen LogP contribution in [0.5, 0.6) is 0 Å². The molecule has 0 bridgehead atoms. The van der Waals surface area contributed by atoms with Crippen molar-refractivity contribution in [3.63, 3.8) is 0 Å². The van der Waals surface area contributed by atoms with Crippen LogP contribution in [0.4, 0.5) is 0 Å². The predicted octanol–water partition coefficient (Wildman–Crippen LogP) is -0.707. The Morgan fingerprint density at radius 2 is 1.89 bits per heavy atom. The van der Waals surface area contributed by atoms with E-state index in [9.17, 15) is 14.4 Å². The molecule has 0 spiro atoms. The normalized spacial score (nSPS) is 16.3. The van der Waals surface area contributed by atoms with Gasteiger partial charge in [0.2, 0.25) is 0 Å². The fourth-order valence-electron chi connectivity index (χ4n) is 3.52. The number of nitrogens with zero attached hydrogens (tertiary/aromatic N) is 8. The summed E-state index contributed by atoms with van der Waals surface area (Å²) in [5.41, 5.74) is -0.149. The lowest BCUT2D eigenvalue weighted by atomic mass is 10.2. The third kappa shape index (κ3) is 2.66. The number of aryl methyl sites for hydroxylation is 1. The van der Waals surface area contributed by atoms with Crippen molar-refractivity contribution in [3.8, 4) is 11.4 Å². The smallest absolute Gasteiger partial charge is 0.328 e. The average molecular weight is 384 g/mol. The van der Waals surface area contributed by atoms with Gasteiger partial charge in [-0.3, -0.25) is 23.4 Å². The molecule has 1 amide bonds. The zero-order chi connectivity index (χ0) is 20.2. The number of rotatable bonds is 2. The van der Waals surface area contributed by atoms with Crippen molar-refractivity contribution in [2.75, 3.05) is 6.54 Å². The Balaban J connectivity index is 1.69. The standard InChI is InChI=1S/C17H20N8O3/c1-10-7-24(16(27)12-5-14(26)23(4)17(28)22(12)3)9-13-19-20-15(25(10)13)11-6-18-21(2)8-11/h5-6,8,10H,7,9H2,1-4H3/t10-/m0/s1. The molecule has 146 valence electrons. The fraction of sp³-hybridized carbons (Fsp3) is 0.412. The first kappa shape index (κ1) is 17.9. The first-order valence-electron chi connectivity index (χ1n) is 8.77. The minimum atomic E-state index is -0.539. The van der Waals surface area contributed by atoms with Crippen molar-refractivity contribution in [1.82, 2.24) is 38.6 Å². The van der Waals surface area contributed by atoms with Gasteiger partial charge in [0.05, 0.1) is 24.3 Å². The summed E-state index contributed by atoms with van der Waals surface area (Å²) in [6.07, 6.45) is 3.58. The summed E-state index contributed by atoms with van der Waals surface area (Å²) in [6.45, 7) is 2.61. The number of carbonyl (C=O) groups excluding carboxylic acids is 1. The molecule has 0 aromatic carbocycles. The average Bonchev–Trinajstić information content (AvgIpc) is 3.28. The largest absolute Gasteiger partial charge is 0.331 e. The molecule has 1 aliphatic heterocycles. The highest BCUT2D eigenvalue weighted by Gasteiger charge is 2.31. The monoisotopic (exact) mass is 384 g/mol. The molecule has 3 aromatic rings. The van der Waals surface area contributed by atoms with Crippen LogP contribution in [-0.2, 0) is 27.7 Å². The second kappa shape index (κ2) is 6.29. The lowest BCUT2D eigenvalue weighted by Gasteiger charge is -2.32. The third-order valence-corrected chi connectivity index (χ3v) is 5.02. The number of aromatic nitrogens is 7. The van der Waals surface area contributed by atoms with Crippen molar-refractivity contribution in [1.29, 1.82) is 0 Å². The first-order chi connectivity index (χ1) is 13.3. The molecule has 0 N–H and O–H groups in total. The Kier molecular flexibility index (Phi) is 4.02. The maximum atomic E-state index is 13.0. The molecule has 4 rings (SSSR count). The number of hydrogen-bond donors (Lipinski definition) is 0. The van der Waals surface area contributed by atoms with Crippen LogP contribution in [-0.4, -0.2) is 51.0 Å². The van der Waals surface area contributed by atoms with Crippen molar-refractivity contribution >= 4 is 5.91 Å². The minimum absolute atomic E-state index is 0.0562. The second-order valence-electron chi connectivity index (χ2n) is 7.02. The van der Waals surface area contributed by atoms with E-state index >= 15 is 0 Å². The SMILES string of the molecule is C[C@H]1CN(C(=O)c2cc(=O)n(C)c(=O)n2C)Cc2nnc(-c3cnn(C)c3)n21. The van der Waals surface area contributed by atoms with Crippen molar-refractivity contribution in [2.24, 2.45) is 21.1 Å². The van der Waals surface area contributed by atoms with Crippen molar-refractivity contribution < 1.29 is 4.79 Å². The van der Waals surface area contributed by atoms with Gasteiger partial charge in [0.1, 0.15) is 5.69 Å². The molecular formula is C17H20N8O3. The summed E-state index contributed by atoms with van der Waals surface area (Å²) in [5, 5.41) is 12.7. The van der Waals surface area contributed by atoms with E-state index in [1.54, 1.807) is 15.8 Å². The number of amides is 1. The van der Waals surface area contributed by atoms with Crippen LogP contribution in [0, 0.1) is 0 Å². The molecule has 0 radical (unpaired) electrons. The molecule has 11 heteroatoms. The van der Waals surface area contributed by atoms with Crippen LogP contribution < -0.4 is 11.2 Å². The van der Waals surface area contributed by atoms with Crippen molar-refractivity contribution in [2.45, 2.75) is 19.5 Å². The molecule has 3 aromatic heterocycles. The summed E-state index contributed by atoms with van der Waals surface area (Å²) in [5.74, 6) is 0.949. The highest BCUT2D eigenvalue weighted by atomic mass is 16.2. The number of fused-ring (bicyclic) bond motifs is 1. The zero-order valence-electron chi connectivity index (χ0n) is 16.0. The molecule has 0 saturated carbocycles. The second-order valence-corrected chi connectivity index (χ2v) is 7.02. The van der Waals surface area contributed by atoms with Gasteiger partial charge in [-0.2, -0.15) is 5.10 Å². The molecule has 0 aliphatic carbocycles. The Morgan fingerprint density at radius 3 is 2.57 bits per heavy atom. The van der Waals surface area contributed by atoms with E-state index in [-0.39, 0.29) is 24.2 Å². The zero-order valence-corrected chi connectivity index (χ0v) is 16.0. The van der Waals surface area contributed by atoms with Crippen LogP contribution in [0.15, 0.2) is 28.0 Å². The number of hydrogen-bond acceptors (Lipinski definition) is 6. The van der Waals surface area contributed by atoms with Gasteiger partial charge in [0.15, 0.2) is 11.6 Å². The Morgan fingerprint density at radius 1 is 1.14 bits per heavy atom. The molecule has 28 heavy (non-hydrogen) atoms. The summed E-state index contributed by atoms with van der Waals surface area (Å²) < 4.78 is 5.84. The van der Waals surface area contributed by atoms with Gasteiger partial charge in [-0.1, -0.05) is 0 Å². The van der Waals surface area contributed by atoms with Crippen LogP contribution in [0.1, 0.15) is 29.3 Å². The van der Waals surface area contributed by atoms with Gasteiger partial charge in [-0.25, -0.2) is 4.79 Å². The van der Waals surface area contributed by atoms with E-state index in [0.717, 1.165) is 10.1 Å². The van der Waals surface area contributed by atoms with Gasteiger partial charge in [-0.15, -0.1) is 10.2 Å². The predicted molar refractivity (Wildman–Crippen MR) is 98.6 cm³/mol. The van der Waals surface area contributed by atoms with Gasteiger partial charge in [-0.05, 0) is 6.92 Å². The topological polar surface area (TPSA) is 113 Å². The lowest BCUT2D eigenvalue weighted by Crippen LogP contribution is -2.45. The van der Waals surface area contributed by atoms with E-state index in [4.69, 9.17) is 0 Å². The van der Waals surface area contributed by atoms with E-state index in [1.807, 2.05) is 24.7 Å². The first-order valence-corrected chi connectivity index (χ1v) is 8.77. The van der Waals surface area contributed by atoms with Crippen LogP contribution in [0.3, 0.4) is 0 Å². The molecule has 0 saturated heterocycles.